The zero-order valence-electron chi connectivity index (χ0n) is 10.5. The van der Waals surface area contributed by atoms with E-state index in [-0.39, 0.29) is 30.7 Å². The van der Waals surface area contributed by atoms with Crippen LogP contribution in [0, 0.1) is 5.92 Å². The molecule has 0 fully saturated rings. The van der Waals surface area contributed by atoms with E-state index in [1.807, 2.05) is 12.3 Å². The van der Waals surface area contributed by atoms with Crippen LogP contribution in [-0.2, 0) is 9.59 Å². The molecule has 2 atom stereocenters. The normalized spacial score (nSPS) is 13.9. The molecule has 5 nitrogen and oxygen atoms in total. The number of nitrogens with one attached hydrogen (secondary N) is 1. The summed E-state index contributed by atoms with van der Waals surface area (Å²) >= 11 is 1.51. The number of thiazole rings is 1. The summed E-state index contributed by atoms with van der Waals surface area (Å²) in [6.45, 7) is 3.74. The molecule has 6 heteroatoms. The highest BCUT2D eigenvalue weighted by molar-refractivity contribution is 7.09. The van der Waals surface area contributed by atoms with E-state index in [0.717, 1.165) is 11.4 Å². The monoisotopic (exact) mass is 270 g/mol. The number of nitrogens with zero attached hydrogens (tertiary/aromatic N) is 1. The largest absolute Gasteiger partial charge is 0.481 e. The third-order valence-corrected chi connectivity index (χ3v) is 3.44. The predicted octanol–water partition coefficient (Wildman–Crippen LogP) is 2.21. The van der Waals surface area contributed by atoms with Crippen molar-refractivity contribution >= 4 is 23.2 Å². The van der Waals surface area contributed by atoms with Gasteiger partial charge in [0.15, 0.2) is 0 Å². The highest BCUT2D eigenvalue weighted by Gasteiger charge is 2.17. The molecular formula is C12H18N2O3S. The van der Waals surface area contributed by atoms with E-state index in [1.165, 1.54) is 11.3 Å². The molecule has 2 unspecified atom stereocenters. The number of aliphatic carboxylic acids is 1. The van der Waals surface area contributed by atoms with E-state index in [4.69, 9.17) is 5.11 Å². The van der Waals surface area contributed by atoms with Crippen LogP contribution in [0.15, 0.2) is 11.6 Å². The fourth-order valence-electron chi connectivity index (χ4n) is 1.68. The summed E-state index contributed by atoms with van der Waals surface area (Å²) in [6, 6.07) is -0.0745. The van der Waals surface area contributed by atoms with Crippen molar-refractivity contribution in [3.8, 4) is 0 Å². The molecule has 0 spiro atoms. The van der Waals surface area contributed by atoms with Crippen LogP contribution >= 0.6 is 11.3 Å². The van der Waals surface area contributed by atoms with E-state index in [9.17, 15) is 9.59 Å². The third kappa shape index (κ3) is 4.83. The van der Waals surface area contributed by atoms with Crippen LogP contribution in [0.2, 0.25) is 0 Å². The third-order valence-electron chi connectivity index (χ3n) is 2.55. The molecule has 100 valence electrons. The van der Waals surface area contributed by atoms with Crippen molar-refractivity contribution in [2.45, 2.75) is 39.2 Å². The van der Waals surface area contributed by atoms with Gasteiger partial charge in [-0.25, -0.2) is 4.98 Å². The number of carbonyl (C=O) groups is 2. The van der Waals surface area contributed by atoms with Gasteiger partial charge in [0.1, 0.15) is 5.01 Å². The molecule has 0 aliphatic carbocycles. The van der Waals surface area contributed by atoms with Crippen molar-refractivity contribution in [3.63, 3.8) is 0 Å². The molecule has 0 radical (unpaired) electrons. The summed E-state index contributed by atoms with van der Waals surface area (Å²) in [5, 5.41) is 14.3. The Bertz CT molecular complexity index is 392. The molecule has 0 bridgehead atoms. The highest BCUT2D eigenvalue weighted by Crippen LogP contribution is 2.19. The van der Waals surface area contributed by atoms with Gasteiger partial charge in [-0.15, -0.1) is 11.3 Å². The summed E-state index contributed by atoms with van der Waals surface area (Å²) in [7, 11) is 0. The topological polar surface area (TPSA) is 79.3 Å². The summed E-state index contributed by atoms with van der Waals surface area (Å²) in [5.41, 5.74) is 0. The Morgan fingerprint density at radius 3 is 2.72 bits per heavy atom. The van der Waals surface area contributed by atoms with Gasteiger partial charge in [0, 0.05) is 24.4 Å². The maximum absolute atomic E-state index is 11.8. The first-order chi connectivity index (χ1) is 8.52. The Balaban J connectivity index is 2.45. The van der Waals surface area contributed by atoms with Crippen molar-refractivity contribution < 1.29 is 14.7 Å². The van der Waals surface area contributed by atoms with Crippen molar-refractivity contribution in [1.82, 2.24) is 10.3 Å². The van der Waals surface area contributed by atoms with Gasteiger partial charge < -0.3 is 10.4 Å². The Hall–Kier alpha value is -1.43. The first-order valence-electron chi connectivity index (χ1n) is 5.93. The Labute approximate surface area is 110 Å². The maximum atomic E-state index is 11.8. The SMILES string of the molecule is CCC(NC(=O)CC(C)CC(=O)O)c1nccs1. The van der Waals surface area contributed by atoms with Crippen LogP contribution in [0.3, 0.4) is 0 Å². The molecule has 0 aliphatic rings. The van der Waals surface area contributed by atoms with Crippen LogP contribution in [0.1, 0.15) is 44.2 Å². The van der Waals surface area contributed by atoms with Crippen LogP contribution < -0.4 is 5.32 Å². The van der Waals surface area contributed by atoms with Gasteiger partial charge in [-0.2, -0.15) is 0 Å². The van der Waals surface area contributed by atoms with Gasteiger partial charge in [-0.1, -0.05) is 13.8 Å². The highest BCUT2D eigenvalue weighted by atomic mass is 32.1. The molecule has 18 heavy (non-hydrogen) atoms. The number of rotatable bonds is 7. The molecule has 0 saturated carbocycles. The van der Waals surface area contributed by atoms with Crippen LogP contribution in [0.4, 0.5) is 0 Å². The van der Waals surface area contributed by atoms with Gasteiger partial charge in [0.25, 0.3) is 0 Å². The molecule has 0 saturated heterocycles. The van der Waals surface area contributed by atoms with Gasteiger partial charge in [-0.3, -0.25) is 9.59 Å². The number of aromatic nitrogens is 1. The lowest BCUT2D eigenvalue weighted by molar-refractivity contribution is -0.138. The number of carboxylic acid groups (broad SMARTS) is 1. The summed E-state index contributed by atoms with van der Waals surface area (Å²) in [5.74, 6) is -1.15. The lowest BCUT2D eigenvalue weighted by Crippen LogP contribution is -2.29. The molecule has 0 aliphatic heterocycles. The average Bonchev–Trinajstić information content (AvgIpc) is 2.77. The molecule has 0 aromatic carbocycles. The van der Waals surface area contributed by atoms with E-state index >= 15 is 0 Å². The Kier molecular flexibility index (Phi) is 5.77. The summed E-state index contributed by atoms with van der Waals surface area (Å²) in [4.78, 5) is 26.5. The van der Waals surface area contributed by atoms with Gasteiger partial charge >= 0.3 is 5.97 Å². The van der Waals surface area contributed by atoms with Crippen molar-refractivity contribution in [2.75, 3.05) is 0 Å². The Morgan fingerprint density at radius 1 is 1.50 bits per heavy atom. The first-order valence-corrected chi connectivity index (χ1v) is 6.81. The standard InChI is InChI=1S/C12H18N2O3S/c1-3-9(12-13-4-5-18-12)14-10(15)6-8(2)7-11(16)17/h4-5,8-9H,3,6-7H2,1-2H3,(H,14,15)(H,16,17). The second-order valence-electron chi connectivity index (χ2n) is 4.31. The number of carboxylic acids is 1. The predicted molar refractivity (Wildman–Crippen MR) is 69.3 cm³/mol. The maximum Gasteiger partial charge on any atom is 0.303 e. The van der Waals surface area contributed by atoms with E-state index < -0.39 is 5.97 Å². The van der Waals surface area contributed by atoms with E-state index in [0.29, 0.717) is 0 Å². The van der Waals surface area contributed by atoms with E-state index in [2.05, 4.69) is 10.3 Å². The zero-order valence-corrected chi connectivity index (χ0v) is 11.4. The van der Waals surface area contributed by atoms with Crippen molar-refractivity contribution in [3.05, 3.63) is 16.6 Å². The average molecular weight is 270 g/mol. The molecular weight excluding hydrogens is 252 g/mol. The molecule has 1 aromatic heterocycles. The first kappa shape index (κ1) is 14.6. The minimum atomic E-state index is -0.873. The Morgan fingerprint density at radius 2 is 2.22 bits per heavy atom. The number of carbonyl (C=O) groups excluding carboxylic acids is 1. The van der Waals surface area contributed by atoms with Crippen molar-refractivity contribution in [2.24, 2.45) is 5.92 Å². The van der Waals surface area contributed by atoms with Crippen LogP contribution in [0.25, 0.3) is 0 Å². The smallest absolute Gasteiger partial charge is 0.303 e. The summed E-state index contributed by atoms with van der Waals surface area (Å²) in [6.07, 6.45) is 2.73. The fourth-order valence-corrected chi connectivity index (χ4v) is 2.46. The minimum absolute atomic E-state index is 0.0153. The van der Waals surface area contributed by atoms with E-state index in [1.54, 1.807) is 13.1 Å². The van der Waals surface area contributed by atoms with Crippen molar-refractivity contribution in [1.29, 1.82) is 0 Å². The van der Waals surface area contributed by atoms with Gasteiger partial charge in [-0.05, 0) is 12.3 Å². The number of hydrogen-bond acceptors (Lipinski definition) is 4. The number of amides is 1. The lowest BCUT2D eigenvalue weighted by Gasteiger charge is -2.16. The van der Waals surface area contributed by atoms with Crippen LogP contribution in [0.5, 0.6) is 0 Å². The number of hydrogen-bond donors (Lipinski definition) is 2. The quantitative estimate of drug-likeness (QED) is 0.796. The molecule has 1 heterocycles. The second kappa shape index (κ2) is 7.10. The lowest BCUT2D eigenvalue weighted by atomic mass is 10.0. The molecule has 1 amide bonds. The molecule has 1 aromatic rings. The van der Waals surface area contributed by atoms with Gasteiger partial charge in [0.05, 0.1) is 6.04 Å². The van der Waals surface area contributed by atoms with Crippen LogP contribution in [-0.4, -0.2) is 22.0 Å². The molecule has 2 N–H and O–H groups in total. The molecule has 1 rings (SSSR count). The second-order valence-corrected chi connectivity index (χ2v) is 5.23. The summed E-state index contributed by atoms with van der Waals surface area (Å²) < 4.78 is 0. The minimum Gasteiger partial charge on any atom is -0.481 e. The van der Waals surface area contributed by atoms with Gasteiger partial charge in [0.2, 0.25) is 5.91 Å². The zero-order chi connectivity index (χ0) is 13.5. The fraction of sp³-hybridized carbons (Fsp3) is 0.583.